The molecule has 1 amide bonds. The summed E-state index contributed by atoms with van der Waals surface area (Å²) in [7, 11) is 1.57. The summed E-state index contributed by atoms with van der Waals surface area (Å²) in [4.78, 5) is 13.7. The fraction of sp³-hybridized carbons (Fsp3) is 0.583. The maximum atomic E-state index is 12.1. The number of amides is 1. The number of likely N-dealkylation sites (N-methyl/N-ethyl adjacent to an activating group) is 1. The van der Waals surface area contributed by atoms with Gasteiger partial charge in [0.15, 0.2) is 5.75 Å². The van der Waals surface area contributed by atoms with Crippen LogP contribution < -0.4 is 15.4 Å². The van der Waals surface area contributed by atoms with Crippen molar-refractivity contribution in [3.8, 4) is 5.75 Å². The van der Waals surface area contributed by atoms with E-state index >= 15 is 0 Å². The lowest BCUT2D eigenvalue weighted by molar-refractivity contribution is 0.0951. The van der Waals surface area contributed by atoms with Crippen LogP contribution in [0.2, 0.25) is 0 Å². The van der Waals surface area contributed by atoms with Crippen molar-refractivity contribution in [3.05, 3.63) is 14.2 Å². The standard InChI is InChI=1S/C12H19BrN2O2S.ClH/c1-5-14-7(2)6-15-12(16)11-10(17-4)9(13)8(3)18-11;/h7,14H,5-6H2,1-4H3,(H,15,16);1H/t7-;/m1./s1. The van der Waals surface area contributed by atoms with E-state index in [4.69, 9.17) is 4.74 Å². The van der Waals surface area contributed by atoms with Gasteiger partial charge in [-0.05, 0) is 36.3 Å². The van der Waals surface area contributed by atoms with Gasteiger partial charge in [-0.15, -0.1) is 23.7 Å². The number of ether oxygens (including phenoxy) is 1. The minimum atomic E-state index is -0.0876. The number of thiophene rings is 1. The third kappa shape index (κ3) is 4.95. The SMILES string of the molecule is CCN[C@H](C)CNC(=O)c1sc(C)c(Br)c1OC.Cl. The van der Waals surface area contributed by atoms with E-state index < -0.39 is 0 Å². The zero-order valence-electron chi connectivity index (χ0n) is 11.5. The van der Waals surface area contributed by atoms with Crippen LogP contribution in [0.5, 0.6) is 5.75 Å². The van der Waals surface area contributed by atoms with Gasteiger partial charge in [0.05, 0.1) is 11.6 Å². The molecule has 0 aliphatic rings. The van der Waals surface area contributed by atoms with Crippen LogP contribution in [0.4, 0.5) is 0 Å². The number of rotatable bonds is 6. The molecule has 0 unspecified atom stereocenters. The second kappa shape index (κ2) is 8.79. The average molecular weight is 372 g/mol. The van der Waals surface area contributed by atoms with E-state index in [1.807, 2.05) is 20.8 Å². The first kappa shape index (κ1) is 18.7. The molecular formula is C12H20BrClN2O2S. The van der Waals surface area contributed by atoms with Crippen molar-refractivity contribution in [2.45, 2.75) is 26.8 Å². The Bertz CT molecular complexity index is 426. The predicted molar refractivity (Wildman–Crippen MR) is 86.0 cm³/mol. The quantitative estimate of drug-likeness (QED) is 0.808. The Labute approximate surface area is 132 Å². The Kier molecular flexibility index (Phi) is 8.65. The van der Waals surface area contributed by atoms with E-state index in [0.717, 1.165) is 15.9 Å². The number of aryl methyl sites for hydroxylation is 1. The lowest BCUT2D eigenvalue weighted by Crippen LogP contribution is -2.38. The first-order valence-electron chi connectivity index (χ1n) is 5.85. The van der Waals surface area contributed by atoms with Crippen molar-refractivity contribution >= 4 is 45.6 Å². The van der Waals surface area contributed by atoms with Gasteiger partial charge < -0.3 is 15.4 Å². The molecule has 110 valence electrons. The summed E-state index contributed by atoms with van der Waals surface area (Å²) >= 11 is 4.86. The van der Waals surface area contributed by atoms with Crippen LogP contribution in [-0.2, 0) is 0 Å². The summed E-state index contributed by atoms with van der Waals surface area (Å²) in [5.74, 6) is 0.529. The first-order chi connectivity index (χ1) is 8.51. The molecule has 0 fully saturated rings. The molecule has 1 rings (SSSR count). The summed E-state index contributed by atoms with van der Waals surface area (Å²) in [6, 6.07) is 0.259. The van der Waals surface area contributed by atoms with Crippen LogP contribution in [0.15, 0.2) is 4.47 Å². The van der Waals surface area contributed by atoms with E-state index in [9.17, 15) is 4.79 Å². The highest BCUT2D eigenvalue weighted by Gasteiger charge is 2.20. The number of halogens is 2. The molecule has 7 heteroatoms. The van der Waals surface area contributed by atoms with E-state index in [-0.39, 0.29) is 24.4 Å². The maximum absolute atomic E-state index is 12.1. The fourth-order valence-electron chi connectivity index (χ4n) is 1.58. The zero-order valence-corrected chi connectivity index (χ0v) is 14.7. The van der Waals surface area contributed by atoms with Gasteiger partial charge in [0.1, 0.15) is 4.88 Å². The molecule has 0 radical (unpaired) electrons. The van der Waals surface area contributed by atoms with Gasteiger partial charge in [-0.25, -0.2) is 0 Å². The number of carbonyl (C=O) groups excluding carboxylic acids is 1. The molecule has 0 spiro atoms. The van der Waals surface area contributed by atoms with Gasteiger partial charge in [-0.3, -0.25) is 4.79 Å². The van der Waals surface area contributed by atoms with E-state index in [2.05, 4.69) is 26.6 Å². The van der Waals surface area contributed by atoms with Crippen LogP contribution in [0, 0.1) is 6.92 Å². The molecule has 1 aromatic heterocycles. The molecule has 0 bridgehead atoms. The smallest absolute Gasteiger partial charge is 0.265 e. The van der Waals surface area contributed by atoms with E-state index in [0.29, 0.717) is 17.2 Å². The molecule has 1 atom stereocenters. The Hall–Kier alpha value is -0.300. The van der Waals surface area contributed by atoms with E-state index in [1.54, 1.807) is 7.11 Å². The molecular weight excluding hydrogens is 352 g/mol. The predicted octanol–water partition coefficient (Wildman–Crippen LogP) is 2.98. The van der Waals surface area contributed by atoms with Crippen molar-refractivity contribution in [2.24, 2.45) is 0 Å². The minimum absolute atomic E-state index is 0. The third-order valence-electron chi connectivity index (χ3n) is 2.50. The molecule has 0 aromatic carbocycles. The Morgan fingerprint density at radius 2 is 2.16 bits per heavy atom. The molecule has 0 aliphatic carbocycles. The normalized spacial score (nSPS) is 11.6. The maximum Gasteiger partial charge on any atom is 0.265 e. The van der Waals surface area contributed by atoms with Gasteiger partial charge in [-0.2, -0.15) is 0 Å². The summed E-state index contributed by atoms with van der Waals surface area (Å²) in [5.41, 5.74) is 0. The largest absolute Gasteiger partial charge is 0.494 e. The average Bonchev–Trinajstić information content (AvgIpc) is 2.63. The monoisotopic (exact) mass is 370 g/mol. The van der Waals surface area contributed by atoms with Crippen LogP contribution in [0.3, 0.4) is 0 Å². The highest BCUT2D eigenvalue weighted by atomic mass is 79.9. The van der Waals surface area contributed by atoms with Gasteiger partial charge in [0, 0.05) is 17.5 Å². The Morgan fingerprint density at radius 1 is 1.53 bits per heavy atom. The summed E-state index contributed by atoms with van der Waals surface area (Å²) < 4.78 is 6.12. The van der Waals surface area contributed by atoms with Gasteiger partial charge >= 0.3 is 0 Å². The number of nitrogens with one attached hydrogen (secondary N) is 2. The van der Waals surface area contributed by atoms with Gasteiger partial charge in [-0.1, -0.05) is 6.92 Å². The van der Waals surface area contributed by atoms with Crippen molar-refractivity contribution in [2.75, 3.05) is 20.2 Å². The van der Waals surface area contributed by atoms with Crippen molar-refractivity contribution < 1.29 is 9.53 Å². The van der Waals surface area contributed by atoms with Crippen LogP contribution >= 0.6 is 39.7 Å². The van der Waals surface area contributed by atoms with Crippen LogP contribution in [0.25, 0.3) is 0 Å². The molecule has 2 N–H and O–H groups in total. The van der Waals surface area contributed by atoms with Gasteiger partial charge in [0.25, 0.3) is 5.91 Å². The molecule has 1 heterocycles. The van der Waals surface area contributed by atoms with Crippen molar-refractivity contribution in [1.29, 1.82) is 0 Å². The molecule has 0 saturated heterocycles. The fourth-order valence-corrected chi connectivity index (χ4v) is 3.25. The van der Waals surface area contributed by atoms with E-state index in [1.165, 1.54) is 11.3 Å². The second-order valence-electron chi connectivity index (χ2n) is 4.00. The molecule has 0 aliphatic heterocycles. The number of hydrogen-bond acceptors (Lipinski definition) is 4. The summed E-state index contributed by atoms with van der Waals surface area (Å²) in [6.45, 7) is 7.53. The first-order valence-corrected chi connectivity index (χ1v) is 7.46. The molecule has 4 nitrogen and oxygen atoms in total. The summed E-state index contributed by atoms with van der Waals surface area (Å²) in [5, 5.41) is 6.15. The topological polar surface area (TPSA) is 50.4 Å². The van der Waals surface area contributed by atoms with Gasteiger partial charge in [0.2, 0.25) is 0 Å². The highest BCUT2D eigenvalue weighted by Crippen LogP contribution is 2.38. The number of carbonyl (C=O) groups is 1. The molecule has 1 aromatic rings. The molecule has 0 saturated carbocycles. The lowest BCUT2D eigenvalue weighted by Gasteiger charge is -2.13. The highest BCUT2D eigenvalue weighted by molar-refractivity contribution is 9.10. The van der Waals surface area contributed by atoms with Crippen molar-refractivity contribution in [3.63, 3.8) is 0 Å². The Balaban J connectivity index is 0.00000324. The number of methoxy groups -OCH3 is 1. The summed E-state index contributed by atoms with van der Waals surface area (Å²) in [6.07, 6.45) is 0. The molecule has 19 heavy (non-hydrogen) atoms. The third-order valence-corrected chi connectivity index (χ3v) is 4.80. The van der Waals surface area contributed by atoms with Crippen molar-refractivity contribution in [1.82, 2.24) is 10.6 Å². The van der Waals surface area contributed by atoms with Crippen LogP contribution in [-0.4, -0.2) is 32.1 Å². The van der Waals surface area contributed by atoms with Crippen LogP contribution in [0.1, 0.15) is 28.4 Å². The Morgan fingerprint density at radius 3 is 2.68 bits per heavy atom. The lowest BCUT2D eigenvalue weighted by atomic mass is 10.3. The minimum Gasteiger partial charge on any atom is -0.494 e. The second-order valence-corrected chi connectivity index (χ2v) is 6.02. The zero-order chi connectivity index (χ0) is 13.7. The number of hydrogen-bond donors (Lipinski definition) is 2.